The molecule has 2 nitrogen and oxygen atoms in total. The largest absolute Gasteiger partial charge is 0.390 e. The number of para-hydroxylation sites is 1. The predicted molar refractivity (Wildman–Crippen MR) is 95.4 cm³/mol. The summed E-state index contributed by atoms with van der Waals surface area (Å²) in [5.74, 6) is 0.571. The van der Waals surface area contributed by atoms with Gasteiger partial charge in [-0.25, -0.2) is 0 Å². The van der Waals surface area contributed by atoms with Crippen LogP contribution in [0.4, 0.5) is 5.69 Å². The molecule has 1 fully saturated rings. The third-order valence-electron chi connectivity index (χ3n) is 5.18. The zero-order valence-corrected chi connectivity index (χ0v) is 14.9. The number of rotatable bonds is 4. The van der Waals surface area contributed by atoms with Gasteiger partial charge in [0.05, 0.1) is 12.1 Å². The second kappa shape index (κ2) is 7.04. The van der Waals surface area contributed by atoms with Crippen LogP contribution in [-0.4, -0.2) is 17.3 Å². The number of aliphatic hydroxyl groups excluding tert-OH is 1. The van der Waals surface area contributed by atoms with Gasteiger partial charge in [-0.05, 0) is 49.1 Å². The average molecular weight is 303 g/mol. The Bertz CT molecular complexity index is 463. The van der Waals surface area contributed by atoms with Crippen molar-refractivity contribution in [3.05, 3.63) is 29.3 Å². The van der Waals surface area contributed by atoms with Crippen molar-refractivity contribution in [3.63, 3.8) is 0 Å². The fourth-order valence-corrected chi connectivity index (χ4v) is 3.70. The topological polar surface area (TPSA) is 32.3 Å². The molecule has 1 aromatic carbocycles. The first-order valence-electron chi connectivity index (χ1n) is 8.81. The molecule has 2 atom stereocenters. The lowest BCUT2D eigenvalue weighted by atomic mass is 9.75. The summed E-state index contributed by atoms with van der Waals surface area (Å²) >= 11 is 0. The van der Waals surface area contributed by atoms with Gasteiger partial charge in [0.15, 0.2) is 0 Å². The van der Waals surface area contributed by atoms with E-state index >= 15 is 0 Å². The lowest BCUT2D eigenvalue weighted by molar-refractivity contribution is 0.0238. The van der Waals surface area contributed by atoms with Gasteiger partial charge >= 0.3 is 0 Å². The number of nitrogens with one attached hydrogen (secondary N) is 1. The van der Waals surface area contributed by atoms with Crippen molar-refractivity contribution in [1.82, 2.24) is 0 Å². The van der Waals surface area contributed by atoms with Gasteiger partial charge in [-0.15, -0.1) is 0 Å². The number of aryl methyl sites for hydroxylation is 2. The third kappa shape index (κ3) is 4.04. The van der Waals surface area contributed by atoms with Crippen LogP contribution >= 0.6 is 0 Å². The Morgan fingerprint density at radius 2 is 1.59 bits per heavy atom. The van der Waals surface area contributed by atoms with Crippen LogP contribution in [0.2, 0.25) is 0 Å². The molecule has 2 rings (SSSR count). The second-order valence-corrected chi connectivity index (χ2v) is 8.15. The van der Waals surface area contributed by atoms with E-state index in [1.165, 1.54) is 48.9 Å². The monoisotopic (exact) mass is 303 g/mol. The number of aliphatic hydroxyl groups is 1. The van der Waals surface area contributed by atoms with Crippen molar-refractivity contribution >= 4 is 5.69 Å². The minimum atomic E-state index is -0.338. The number of anilines is 1. The molecule has 2 N–H and O–H groups in total. The van der Waals surface area contributed by atoms with E-state index < -0.39 is 0 Å². The van der Waals surface area contributed by atoms with Gasteiger partial charge in [0.25, 0.3) is 0 Å². The summed E-state index contributed by atoms with van der Waals surface area (Å²) in [6.07, 6.45) is 6.07. The van der Waals surface area contributed by atoms with Crippen molar-refractivity contribution in [2.75, 3.05) is 5.32 Å². The smallest absolute Gasteiger partial charge is 0.0791 e. The van der Waals surface area contributed by atoms with Gasteiger partial charge in [-0.2, -0.15) is 0 Å². The first-order valence-corrected chi connectivity index (χ1v) is 8.81. The molecule has 22 heavy (non-hydrogen) atoms. The van der Waals surface area contributed by atoms with Gasteiger partial charge in [-0.1, -0.05) is 58.2 Å². The molecular weight excluding hydrogens is 270 g/mol. The zero-order valence-electron chi connectivity index (χ0n) is 14.9. The van der Waals surface area contributed by atoms with Crippen LogP contribution in [0.3, 0.4) is 0 Å². The van der Waals surface area contributed by atoms with E-state index in [4.69, 9.17) is 0 Å². The van der Waals surface area contributed by atoms with E-state index in [0.29, 0.717) is 5.92 Å². The molecule has 1 aliphatic rings. The summed E-state index contributed by atoms with van der Waals surface area (Å²) in [4.78, 5) is 0. The molecule has 0 unspecified atom stereocenters. The molecule has 1 aromatic rings. The fraction of sp³-hybridized carbons (Fsp3) is 0.700. The van der Waals surface area contributed by atoms with Crippen molar-refractivity contribution in [2.45, 2.75) is 78.9 Å². The average Bonchev–Trinajstić information content (AvgIpc) is 2.46. The molecule has 0 heterocycles. The van der Waals surface area contributed by atoms with Gasteiger partial charge in [0.1, 0.15) is 0 Å². The predicted octanol–water partition coefficient (Wildman–Crippen LogP) is 5.07. The fourth-order valence-electron chi connectivity index (χ4n) is 3.70. The number of hydrogen-bond donors (Lipinski definition) is 2. The molecule has 0 saturated heterocycles. The molecule has 0 aromatic heterocycles. The molecule has 0 spiro atoms. The first-order chi connectivity index (χ1) is 10.3. The number of benzene rings is 1. The number of hydrogen-bond acceptors (Lipinski definition) is 2. The highest BCUT2D eigenvalue weighted by molar-refractivity contribution is 5.57. The maximum absolute atomic E-state index is 11.0. The van der Waals surface area contributed by atoms with Crippen molar-refractivity contribution < 1.29 is 5.11 Å². The van der Waals surface area contributed by atoms with E-state index in [-0.39, 0.29) is 17.6 Å². The van der Waals surface area contributed by atoms with Gasteiger partial charge < -0.3 is 10.4 Å². The minimum Gasteiger partial charge on any atom is -0.390 e. The summed E-state index contributed by atoms with van der Waals surface area (Å²) < 4.78 is 0. The highest BCUT2D eigenvalue weighted by Gasteiger charge is 2.36. The van der Waals surface area contributed by atoms with E-state index in [9.17, 15) is 5.11 Å². The van der Waals surface area contributed by atoms with Gasteiger partial charge in [0.2, 0.25) is 0 Å². The maximum atomic E-state index is 11.0. The Labute approximate surface area is 136 Å². The summed E-state index contributed by atoms with van der Waals surface area (Å²) in [5.41, 5.74) is 3.64. The lowest BCUT2D eigenvalue weighted by Crippen LogP contribution is -2.47. The Balaban J connectivity index is 2.27. The first kappa shape index (κ1) is 17.3. The van der Waals surface area contributed by atoms with Crippen LogP contribution in [0, 0.1) is 25.2 Å². The summed E-state index contributed by atoms with van der Waals surface area (Å²) in [7, 11) is 0. The van der Waals surface area contributed by atoms with Crippen molar-refractivity contribution in [2.24, 2.45) is 11.3 Å². The Morgan fingerprint density at radius 3 is 2.09 bits per heavy atom. The lowest BCUT2D eigenvalue weighted by Gasteiger charge is -2.40. The minimum absolute atomic E-state index is 0.105. The third-order valence-corrected chi connectivity index (χ3v) is 5.18. The Morgan fingerprint density at radius 1 is 1.05 bits per heavy atom. The highest BCUT2D eigenvalue weighted by atomic mass is 16.3. The SMILES string of the molecule is Cc1cccc(C)c1N[C@H](C1CCCCC1)[C@@H](O)C(C)(C)C. The Kier molecular flexibility index (Phi) is 5.55. The van der Waals surface area contributed by atoms with Crippen LogP contribution in [-0.2, 0) is 0 Å². The summed E-state index contributed by atoms with van der Waals surface area (Å²) in [6.45, 7) is 10.7. The molecule has 0 aliphatic heterocycles. The van der Waals surface area contributed by atoms with E-state index in [1.807, 2.05) is 0 Å². The molecule has 0 radical (unpaired) electrons. The molecule has 1 aliphatic carbocycles. The van der Waals surface area contributed by atoms with Crippen LogP contribution in [0.15, 0.2) is 18.2 Å². The van der Waals surface area contributed by atoms with E-state index in [0.717, 1.165) is 0 Å². The molecular formula is C20H33NO. The molecule has 124 valence electrons. The van der Waals surface area contributed by atoms with Crippen LogP contribution in [0.5, 0.6) is 0 Å². The maximum Gasteiger partial charge on any atom is 0.0791 e. The molecule has 0 amide bonds. The van der Waals surface area contributed by atoms with Gasteiger partial charge in [0, 0.05) is 5.69 Å². The normalized spacial score (nSPS) is 19.7. The summed E-state index contributed by atoms with van der Waals surface area (Å²) in [6, 6.07) is 6.54. The second-order valence-electron chi connectivity index (χ2n) is 8.15. The Hall–Kier alpha value is -1.02. The summed E-state index contributed by atoms with van der Waals surface area (Å²) in [5, 5.41) is 14.7. The van der Waals surface area contributed by atoms with Gasteiger partial charge in [-0.3, -0.25) is 0 Å². The van der Waals surface area contributed by atoms with Crippen molar-refractivity contribution in [3.8, 4) is 0 Å². The van der Waals surface area contributed by atoms with E-state index in [1.54, 1.807) is 0 Å². The molecule has 0 bridgehead atoms. The standard InChI is InChI=1S/C20H33NO/c1-14-10-9-11-15(2)17(14)21-18(19(22)20(3,4)5)16-12-7-6-8-13-16/h9-11,16,18-19,21-22H,6-8,12-13H2,1-5H3/t18-,19-/m1/s1. The van der Waals surface area contributed by atoms with Crippen LogP contribution in [0.25, 0.3) is 0 Å². The van der Waals surface area contributed by atoms with Crippen molar-refractivity contribution in [1.29, 1.82) is 0 Å². The van der Waals surface area contributed by atoms with E-state index in [2.05, 4.69) is 58.1 Å². The van der Waals surface area contributed by atoms with Crippen LogP contribution < -0.4 is 5.32 Å². The quantitative estimate of drug-likeness (QED) is 0.813. The molecule has 1 saturated carbocycles. The zero-order chi connectivity index (χ0) is 16.3. The molecule has 2 heteroatoms. The van der Waals surface area contributed by atoms with Crippen LogP contribution in [0.1, 0.15) is 64.0 Å². The highest BCUT2D eigenvalue weighted by Crippen LogP contribution is 2.35.